The largest absolute Gasteiger partial charge is 0.384 e. The van der Waals surface area contributed by atoms with Gasteiger partial charge in [0.25, 0.3) is 0 Å². The molecule has 0 fully saturated rings. The van der Waals surface area contributed by atoms with E-state index in [1.807, 2.05) is 0 Å². The summed E-state index contributed by atoms with van der Waals surface area (Å²) in [5.74, 6) is 0. The van der Waals surface area contributed by atoms with Gasteiger partial charge in [0.1, 0.15) is 0 Å². The Bertz CT molecular complexity index is 254. The number of benzene rings is 1. The Morgan fingerprint density at radius 3 is 2.36 bits per heavy atom. The van der Waals surface area contributed by atoms with Crippen LogP contribution in [0, 0.1) is 0 Å². The van der Waals surface area contributed by atoms with E-state index in [2.05, 4.69) is 48.6 Å². The Labute approximate surface area is 85.9 Å². The van der Waals surface area contributed by atoms with Crippen LogP contribution in [0.4, 0.5) is 5.69 Å². The Balaban J connectivity index is 2.36. The van der Waals surface area contributed by atoms with Gasteiger partial charge < -0.3 is 16.0 Å². The molecule has 1 aromatic rings. The molecule has 1 aromatic carbocycles. The van der Waals surface area contributed by atoms with Crippen LogP contribution in [-0.4, -0.2) is 32.1 Å². The van der Waals surface area contributed by atoms with Crippen LogP contribution in [0.2, 0.25) is 0 Å². The number of nitrogens with zero attached hydrogens (tertiary/aromatic N) is 1. The van der Waals surface area contributed by atoms with Gasteiger partial charge in [-0.2, -0.15) is 0 Å². The quantitative estimate of drug-likeness (QED) is 0.736. The predicted octanol–water partition coefficient (Wildman–Crippen LogP) is 1.12. The fourth-order valence-electron chi connectivity index (χ4n) is 1.18. The lowest BCUT2D eigenvalue weighted by Gasteiger charge is -2.11. The number of nitrogens with one attached hydrogen (secondary N) is 1. The summed E-state index contributed by atoms with van der Waals surface area (Å²) in [7, 11) is 4.14. The van der Waals surface area contributed by atoms with Crippen molar-refractivity contribution in [2.24, 2.45) is 5.73 Å². The summed E-state index contributed by atoms with van der Waals surface area (Å²) < 4.78 is 0. The van der Waals surface area contributed by atoms with Crippen molar-refractivity contribution in [3.63, 3.8) is 0 Å². The second-order valence-electron chi connectivity index (χ2n) is 3.63. The summed E-state index contributed by atoms with van der Waals surface area (Å²) in [6.07, 6.45) is 0. The minimum Gasteiger partial charge on any atom is -0.384 e. The van der Waals surface area contributed by atoms with Crippen LogP contribution in [0.1, 0.15) is 5.56 Å². The molecule has 0 aliphatic rings. The minimum atomic E-state index is 0.609. The van der Waals surface area contributed by atoms with E-state index in [9.17, 15) is 0 Å². The van der Waals surface area contributed by atoms with Crippen molar-refractivity contribution in [2.45, 2.75) is 6.54 Å². The van der Waals surface area contributed by atoms with E-state index < -0.39 is 0 Å². The van der Waals surface area contributed by atoms with Crippen molar-refractivity contribution in [3.05, 3.63) is 29.8 Å². The van der Waals surface area contributed by atoms with Gasteiger partial charge in [0.15, 0.2) is 0 Å². The van der Waals surface area contributed by atoms with Crippen LogP contribution < -0.4 is 11.1 Å². The second-order valence-corrected chi connectivity index (χ2v) is 3.63. The molecule has 0 spiro atoms. The summed E-state index contributed by atoms with van der Waals surface area (Å²) in [5.41, 5.74) is 7.84. The van der Waals surface area contributed by atoms with Gasteiger partial charge in [0.2, 0.25) is 0 Å². The van der Waals surface area contributed by atoms with Crippen molar-refractivity contribution in [1.29, 1.82) is 0 Å². The van der Waals surface area contributed by atoms with Gasteiger partial charge in [-0.15, -0.1) is 0 Å². The van der Waals surface area contributed by atoms with E-state index in [1.54, 1.807) is 0 Å². The number of rotatable bonds is 5. The lowest BCUT2D eigenvalue weighted by Crippen LogP contribution is -2.20. The van der Waals surface area contributed by atoms with E-state index in [4.69, 9.17) is 5.73 Å². The number of nitrogens with two attached hydrogens (primary N) is 1. The number of likely N-dealkylation sites (N-methyl/N-ethyl adjacent to an activating group) is 1. The molecule has 1 rings (SSSR count). The number of hydrogen-bond acceptors (Lipinski definition) is 3. The third-order valence-electron chi connectivity index (χ3n) is 2.08. The van der Waals surface area contributed by atoms with Crippen LogP contribution in [0.25, 0.3) is 0 Å². The van der Waals surface area contributed by atoms with Crippen LogP contribution in [0.5, 0.6) is 0 Å². The van der Waals surface area contributed by atoms with Gasteiger partial charge >= 0.3 is 0 Å². The summed E-state index contributed by atoms with van der Waals surface area (Å²) in [6.45, 7) is 2.62. The summed E-state index contributed by atoms with van der Waals surface area (Å²) in [4.78, 5) is 2.15. The highest BCUT2D eigenvalue weighted by atomic mass is 15.1. The molecule has 0 radical (unpaired) electrons. The van der Waals surface area contributed by atoms with Gasteiger partial charge in [-0.3, -0.25) is 0 Å². The van der Waals surface area contributed by atoms with Crippen LogP contribution >= 0.6 is 0 Å². The van der Waals surface area contributed by atoms with Crippen molar-refractivity contribution < 1.29 is 0 Å². The highest BCUT2D eigenvalue weighted by Crippen LogP contribution is 2.08. The highest BCUT2D eigenvalue weighted by Gasteiger charge is 1.93. The molecule has 3 nitrogen and oxygen atoms in total. The minimum absolute atomic E-state index is 0.609. The topological polar surface area (TPSA) is 41.3 Å². The first kappa shape index (κ1) is 11.0. The van der Waals surface area contributed by atoms with Crippen LogP contribution in [0.3, 0.4) is 0 Å². The molecule has 3 heteroatoms. The molecule has 0 aliphatic heterocycles. The third-order valence-corrected chi connectivity index (χ3v) is 2.08. The van der Waals surface area contributed by atoms with E-state index in [1.165, 1.54) is 5.56 Å². The molecule has 0 saturated carbocycles. The van der Waals surface area contributed by atoms with E-state index in [0.717, 1.165) is 18.8 Å². The molecule has 3 N–H and O–H groups in total. The smallest absolute Gasteiger partial charge is 0.0340 e. The molecule has 78 valence electrons. The van der Waals surface area contributed by atoms with Crippen molar-refractivity contribution >= 4 is 5.69 Å². The maximum Gasteiger partial charge on any atom is 0.0340 e. The fourth-order valence-corrected chi connectivity index (χ4v) is 1.18. The Hall–Kier alpha value is -1.06. The molecule has 0 unspecified atom stereocenters. The summed E-state index contributed by atoms with van der Waals surface area (Å²) in [6, 6.07) is 8.24. The summed E-state index contributed by atoms with van der Waals surface area (Å²) >= 11 is 0. The molecule has 0 heterocycles. The standard InChI is InChI=1S/C11H19N3/c1-14(2)8-7-13-11-5-3-10(9-12)4-6-11/h3-6,13H,7-9,12H2,1-2H3. The molecule has 0 bridgehead atoms. The van der Waals surface area contributed by atoms with E-state index in [0.29, 0.717) is 6.54 Å². The van der Waals surface area contributed by atoms with Gasteiger partial charge in [-0.05, 0) is 31.8 Å². The van der Waals surface area contributed by atoms with Gasteiger partial charge in [-0.25, -0.2) is 0 Å². The molecule has 0 aromatic heterocycles. The lowest BCUT2D eigenvalue weighted by atomic mass is 10.2. The predicted molar refractivity (Wildman–Crippen MR) is 61.4 cm³/mol. The zero-order valence-electron chi connectivity index (χ0n) is 8.96. The van der Waals surface area contributed by atoms with Gasteiger partial charge in [0, 0.05) is 25.3 Å². The fraction of sp³-hybridized carbons (Fsp3) is 0.455. The second kappa shape index (κ2) is 5.62. The third kappa shape index (κ3) is 3.77. The normalized spacial score (nSPS) is 10.6. The molecule has 14 heavy (non-hydrogen) atoms. The summed E-state index contributed by atoms with van der Waals surface area (Å²) in [5, 5.41) is 3.34. The zero-order valence-corrected chi connectivity index (χ0v) is 8.96. The first-order valence-electron chi connectivity index (χ1n) is 4.90. The van der Waals surface area contributed by atoms with Crippen LogP contribution in [-0.2, 0) is 6.54 Å². The monoisotopic (exact) mass is 193 g/mol. The average Bonchev–Trinajstić information content (AvgIpc) is 2.18. The van der Waals surface area contributed by atoms with Gasteiger partial charge in [0.05, 0.1) is 0 Å². The molecule has 0 aliphatic carbocycles. The number of anilines is 1. The lowest BCUT2D eigenvalue weighted by molar-refractivity contribution is 0.425. The van der Waals surface area contributed by atoms with E-state index >= 15 is 0 Å². The van der Waals surface area contributed by atoms with E-state index in [-0.39, 0.29) is 0 Å². The molecule has 0 saturated heterocycles. The maximum absolute atomic E-state index is 5.51. The highest BCUT2D eigenvalue weighted by molar-refractivity contribution is 5.44. The first-order valence-corrected chi connectivity index (χ1v) is 4.90. The Morgan fingerprint density at radius 1 is 1.21 bits per heavy atom. The molecular formula is C11H19N3. The molecule has 0 atom stereocenters. The van der Waals surface area contributed by atoms with Crippen molar-refractivity contribution in [2.75, 3.05) is 32.5 Å². The SMILES string of the molecule is CN(C)CCNc1ccc(CN)cc1. The van der Waals surface area contributed by atoms with Crippen molar-refractivity contribution in [3.8, 4) is 0 Å². The van der Waals surface area contributed by atoms with Crippen molar-refractivity contribution in [1.82, 2.24) is 4.90 Å². The van der Waals surface area contributed by atoms with Crippen LogP contribution in [0.15, 0.2) is 24.3 Å². The average molecular weight is 193 g/mol. The first-order chi connectivity index (χ1) is 6.72. The van der Waals surface area contributed by atoms with Gasteiger partial charge in [-0.1, -0.05) is 12.1 Å². The Kier molecular flexibility index (Phi) is 4.43. The zero-order chi connectivity index (χ0) is 10.4. The Morgan fingerprint density at radius 2 is 1.86 bits per heavy atom. The molecule has 0 amide bonds. The molecular weight excluding hydrogens is 174 g/mol. The number of hydrogen-bond donors (Lipinski definition) is 2. The maximum atomic E-state index is 5.51.